The Morgan fingerprint density at radius 2 is 2.00 bits per heavy atom. The van der Waals surface area contributed by atoms with Crippen molar-refractivity contribution in [2.45, 2.75) is 19.3 Å². The van der Waals surface area contributed by atoms with E-state index in [9.17, 15) is 4.79 Å². The molecule has 0 saturated carbocycles. The maximum Gasteiger partial charge on any atom is 0.305 e. The van der Waals surface area contributed by atoms with Crippen molar-refractivity contribution in [3.05, 3.63) is 34.9 Å². The van der Waals surface area contributed by atoms with Crippen molar-refractivity contribution in [2.24, 2.45) is 0 Å². The van der Waals surface area contributed by atoms with Gasteiger partial charge in [-0.3, -0.25) is 4.79 Å². The molecule has 0 bridgehead atoms. The lowest BCUT2D eigenvalue weighted by Gasteiger charge is -2.00. The van der Waals surface area contributed by atoms with E-state index in [1.807, 2.05) is 24.3 Å². The van der Waals surface area contributed by atoms with Crippen LogP contribution in [0.3, 0.4) is 0 Å². The summed E-state index contributed by atoms with van der Waals surface area (Å²) in [4.78, 5) is 10.8. The first-order valence-electron chi connectivity index (χ1n) is 4.53. The number of esters is 1. The van der Waals surface area contributed by atoms with Crippen molar-refractivity contribution in [1.29, 1.82) is 0 Å². The molecule has 0 aliphatic heterocycles. The highest BCUT2D eigenvalue weighted by Crippen LogP contribution is 2.11. The van der Waals surface area contributed by atoms with Gasteiger partial charge in [-0.15, -0.1) is 0 Å². The van der Waals surface area contributed by atoms with E-state index in [1.54, 1.807) is 0 Å². The normalized spacial score (nSPS) is 9.86. The molecule has 0 aliphatic rings. The molecule has 14 heavy (non-hydrogen) atoms. The van der Waals surface area contributed by atoms with E-state index in [0.29, 0.717) is 6.42 Å². The lowest BCUT2D eigenvalue weighted by Crippen LogP contribution is -2.00. The molecule has 1 rings (SSSR count). The molecule has 0 atom stereocenters. The lowest BCUT2D eigenvalue weighted by atomic mass is 10.1. The van der Waals surface area contributed by atoms with E-state index in [-0.39, 0.29) is 5.97 Å². The first-order valence-corrected chi connectivity index (χ1v) is 4.91. The van der Waals surface area contributed by atoms with Crippen LogP contribution in [0.1, 0.15) is 18.4 Å². The fraction of sp³-hybridized carbons (Fsp3) is 0.364. The summed E-state index contributed by atoms with van der Waals surface area (Å²) in [6.45, 7) is 0. The summed E-state index contributed by atoms with van der Waals surface area (Å²) in [6, 6.07) is 7.66. The van der Waals surface area contributed by atoms with Crippen LogP contribution in [0.4, 0.5) is 0 Å². The Morgan fingerprint density at radius 3 is 2.57 bits per heavy atom. The van der Waals surface area contributed by atoms with Crippen LogP contribution in [0.25, 0.3) is 0 Å². The number of benzene rings is 1. The third kappa shape index (κ3) is 3.79. The molecule has 0 saturated heterocycles. The summed E-state index contributed by atoms with van der Waals surface area (Å²) in [5.74, 6) is -0.154. The van der Waals surface area contributed by atoms with Crippen LogP contribution in [-0.2, 0) is 16.0 Å². The van der Waals surface area contributed by atoms with Crippen molar-refractivity contribution < 1.29 is 9.53 Å². The predicted octanol–water partition coefficient (Wildman–Crippen LogP) is 2.84. The fourth-order valence-electron chi connectivity index (χ4n) is 1.19. The fourth-order valence-corrected chi connectivity index (χ4v) is 1.32. The van der Waals surface area contributed by atoms with Gasteiger partial charge in [-0.25, -0.2) is 0 Å². The Labute approximate surface area is 88.8 Å². The molecule has 0 amide bonds. The SMILES string of the molecule is COC(=O)CCCc1ccc(Cl)cc1. The summed E-state index contributed by atoms with van der Waals surface area (Å²) in [7, 11) is 1.41. The monoisotopic (exact) mass is 212 g/mol. The van der Waals surface area contributed by atoms with Gasteiger partial charge in [0.05, 0.1) is 7.11 Å². The topological polar surface area (TPSA) is 26.3 Å². The number of halogens is 1. The second-order valence-corrected chi connectivity index (χ2v) is 3.49. The second kappa shape index (κ2) is 5.66. The molecule has 0 N–H and O–H groups in total. The van der Waals surface area contributed by atoms with Gasteiger partial charge in [0.1, 0.15) is 0 Å². The highest BCUT2D eigenvalue weighted by Gasteiger charge is 2.00. The van der Waals surface area contributed by atoms with Crippen molar-refractivity contribution >= 4 is 17.6 Å². The third-order valence-electron chi connectivity index (χ3n) is 1.99. The Bertz CT molecular complexity index is 293. The molecule has 0 heterocycles. The van der Waals surface area contributed by atoms with E-state index < -0.39 is 0 Å². The number of carbonyl (C=O) groups is 1. The molecule has 0 unspecified atom stereocenters. The van der Waals surface area contributed by atoms with Crippen LogP contribution in [0, 0.1) is 0 Å². The summed E-state index contributed by atoms with van der Waals surface area (Å²) in [5, 5.41) is 0.738. The van der Waals surface area contributed by atoms with E-state index in [1.165, 1.54) is 12.7 Å². The molecule has 0 fully saturated rings. The van der Waals surface area contributed by atoms with Crippen LogP contribution < -0.4 is 0 Å². The largest absolute Gasteiger partial charge is 0.469 e. The van der Waals surface area contributed by atoms with Gasteiger partial charge in [-0.2, -0.15) is 0 Å². The van der Waals surface area contributed by atoms with E-state index >= 15 is 0 Å². The average Bonchev–Trinajstić information content (AvgIpc) is 2.21. The molecular weight excluding hydrogens is 200 g/mol. The summed E-state index contributed by atoms with van der Waals surface area (Å²) in [5.41, 5.74) is 1.19. The van der Waals surface area contributed by atoms with Crippen LogP contribution in [-0.4, -0.2) is 13.1 Å². The number of hydrogen-bond donors (Lipinski definition) is 0. The molecule has 1 aromatic rings. The summed E-state index contributed by atoms with van der Waals surface area (Å²) in [6.07, 6.45) is 2.17. The van der Waals surface area contributed by atoms with E-state index in [4.69, 9.17) is 11.6 Å². The quantitative estimate of drug-likeness (QED) is 0.718. The molecular formula is C11H13ClO2. The number of rotatable bonds is 4. The third-order valence-corrected chi connectivity index (χ3v) is 2.24. The first-order chi connectivity index (χ1) is 6.72. The van der Waals surface area contributed by atoms with Gasteiger partial charge >= 0.3 is 5.97 Å². The Kier molecular flexibility index (Phi) is 4.47. The van der Waals surface area contributed by atoms with E-state index in [2.05, 4.69) is 4.74 Å². The number of methoxy groups -OCH3 is 1. The number of aryl methyl sites for hydroxylation is 1. The maximum absolute atomic E-state index is 10.8. The highest BCUT2D eigenvalue weighted by atomic mass is 35.5. The van der Waals surface area contributed by atoms with Gasteiger partial charge in [0.25, 0.3) is 0 Å². The summed E-state index contributed by atoms with van der Waals surface area (Å²) >= 11 is 5.74. The molecule has 0 spiro atoms. The van der Waals surface area contributed by atoms with E-state index in [0.717, 1.165) is 17.9 Å². The number of carbonyl (C=O) groups excluding carboxylic acids is 1. The Hall–Kier alpha value is -1.02. The zero-order valence-electron chi connectivity index (χ0n) is 8.13. The van der Waals surface area contributed by atoms with Crippen LogP contribution >= 0.6 is 11.6 Å². The van der Waals surface area contributed by atoms with Gasteiger partial charge in [0.15, 0.2) is 0 Å². The van der Waals surface area contributed by atoms with Crippen molar-refractivity contribution in [3.8, 4) is 0 Å². The zero-order valence-corrected chi connectivity index (χ0v) is 8.88. The molecule has 0 radical (unpaired) electrons. The molecule has 76 valence electrons. The van der Waals surface area contributed by atoms with Gasteiger partial charge in [0, 0.05) is 11.4 Å². The molecule has 1 aromatic carbocycles. The minimum Gasteiger partial charge on any atom is -0.469 e. The van der Waals surface area contributed by atoms with Crippen molar-refractivity contribution in [2.75, 3.05) is 7.11 Å². The minimum absolute atomic E-state index is 0.154. The molecule has 0 aliphatic carbocycles. The smallest absolute Gasteiger partial charge is 0.305 e. The number of hydrogen-bond acceptors (Lipinski definition) is 2. The highest BCUT2D eigenvalue weighted by molar-refractivity contribution is 6.30. The molecule has 0 aromatic heterocycles. The van der Waals surface area contributed by atoms with Crippen molar-refractivity contribution in [1.82, 2.24) is 0 Å². The average molecular weight is 213 g/mol. The van der Waals surface area contributed by atoms with Gasteiger partial charge < -0.3 is 4.74 Å². The summed E-state index contributed by atoms with van der Waals surface area (Å²) < 4.78 is 4.55. The maximum atomic E-state index is 10.8. The van der Waals surface area contributed by atoms with Crippen LogP contribution in [0.15, 0.2) is 24.3 Å². The second-order valence-electron chi connectivity index (χ2n) is 3.06. The van der Waals surface area contributed by atoms with Gasteiger partial charge in [-0.1, -0.05) is 23.7 Å². The minimum atomic E-state index is -0.154. The number of ether oxygens (including phenoxy) is 1. The molecule has 2 nitrogen and oxygen atoms in total. The Morgan fingerprint density at radius 1 is 1.36 bits per heavy atom. The van der Waals surface area contributed by atoms with Gasteiger partial charge in [-0.05, 0) is 30.5 Å². The van der Waals surface area contributed by atoms with Gasteiger partial charge in [0.2, 0.25) is 0 Å². The zero-order chi connectivity index (χ0) is 10.4. The van der Waals surface area contributed by atoms with Crippen molar-refractivity contribution in [3.63, 3.8) is 0 Å². The lowest BCUT2D eigenvalue weighted by molar-refractivity contribution is -0.140. The van der Waals surface area contributed by atoms with Crippen LogP contribution in [0.2, 0.25) is 5.02 Å². The first kappa shape index (κ1) is 11.1. The van der Waals surface area contributed by atoms with Crippen LogP contribution in [0.5, 0.6) is 0 Å². The standard InChI is InChI=1S/C11H13ClO2/c1-14-11(13)4-2-3-9-5-7-10(12)8-6-9/h5-8H,2-4H2,1H3. The Balaban J connectivity index is 2.31. The molecule has 3 heteroatoms. The predicted molar refractivity (Wildman–Crippen MR) is 56.4 cm³/mol.